The van der Waals surface area contributed by atoms with E-state index in [0.717, 1.165) is 64.4 Å². The van der Waals surface area contributed by atoms with E-state index >= 15 is 0 Å². The molecule has 5 heterocycles. The number of imidazole rings is 1. The third kappa shape index (κ3) is 7.01. The molecule has 0 saturated carbocycles. The summed E-state index contributed by atoms with van der Waals surface area (Å²) in [4.78, 5) is 20.3. The van der Waals surface area contributed by atoms with E-state index in [4.69, 9.17) is 19.2 Å². The van der Waals surface area contributed by atoms with E-state index in [-0.39, 0.29) is 11.7 Å². The van der Waals surface area contributed by atoms with E-state index in [1.54, 1.807) is 0 Å². The summed E-state index contributed by atoms with van der Waals surface area (Å²) in [5.41, 5.74) is 7.53. The van der Waals surface area contributed by atoms with Crippen LogP contribution in [0.1, 0.15) is 82.2 Å². The molecule has 8 nitrogen and oxygen atoms in total. The van der Waals surface area contributed by atoms with Crippen molar-refractivity contribution in [3.8, 4) is 28.1 Å². The lowest BCUT2D eigenvalue weighted by Gasteiger charge is -2.41. The van der Waals surface area contributed by atoms with Crippen molar-refractivity contribution in [3.05, 3.63) is 83.1 Å². The quantitative estimate of drug-likeness (QED) is 0.222. The smallest absolute Gasteiger partial charge is 0.337 e. The molecule has 4 aromatic rings. The first-order valence-electron chi connectivity index (χ1n) is 17.1. The second-order valence-electron chi connectivity index (χ2n) is 14.8. The number of piperidine rings is 1. The fourth-order valence-electron chi connectivity index (χ4n) is 6.78. The number of nitrogens with zero attached hydrogens (tertiary/aromatic N) is 3. The fraction of sp³-hybridized carbons (Fsp3) is 0.450. The average molecular weight is 652 g/mol. The molecule has 1 fully saturated rings. The Morgan fingerprint density at radius 1 is 1.02 bits per heavy atom. The Balaban J connectivity index is 1.55. The predicted octanol–water partition coefficient (Wildman–Crippen LogP) is 8.64. The molecular formula is C40H49N3O5. The molecule has 48 heavy (non-hydrogen) atoms. The minimum Gasteiger partial charge on any atom is -0.490 e. The minimum atomic E-state index is -1.15. The van der Waals surface area contributed by atoms with Gasteiger partial charge in [-0.2, -0.15) is 0 Å². The van der Waals surface area contributed by atoms with Crippen LogP contribution in [0.3, 0.4) is 0 Å². The van der Waals surface area contributed by atoms with E-state index in [2.05, 4.69) is 85.5 Å². The number of aryl methyl sites for hydroxylation is 3. The van der Waals surface area contributed by atoms with E-state index < -0.39 is 17.7 Å². The van der Waals surface area contributed by atoms with Gasteiger partial charge in [0.15, 0.2) is 6.10 Å². The number of benzene rings is 2. The molecule has 0 radical (unpaired) electrons. The molecule has 3 aliphatic rings. The molecule has 7 rings (SSSR count). The molecule has 8 heteroatoms. The summed E-state index contributed by atoms with van der Waals surface area (Å²) >= 11 is 0. The molecule has 1 saturated heterocycles. The number of aliphatic carboxylic acids is 1. The van der Waals surface area contributed by atoms with Crippen LogP contribution in [0, 0.1) is 20.8 Å². The lowest BCUT2D eigenvalue weighted by Crippen LogP contribution is -2.45. The minimum absolute atomic E-state index is 0.0131. The third-order valence-corrected chi connectivity index (χ3v) is 9.61. The van der Waals surface area contributed by atoms with Crippen LogP contribution in [0.4, 0.5) is 5.82 Å². The molecule has 2 unspecified atom stereocenters. The van der Waals surface area contributed by atoms with Crippen LogP contribution in [0.15, 0.2) is 60.8 Å². The Kier molecular flexibility index (Phi) is 9.18. The molecule has 0 amide bonds. The molecule has 0 spiro atoms. The van der Waals surface area contributed by atoms with Crippen molar-refractivity contribution in [2.24, 2.45) is 0 Å². The SMILES string of the molecule is Cc1cc2c(cc1C)-c1cccc(c1)-c1cn3c(c(C(OC(C)(C)C)C(=O)O)c(C)cc3n1)N1CCC(C)(CC1)OCC=CCC(C)O2. The van der Waals surface area contributed by atoms with Crippen LogP contribution in [0.25, 0.3) is 28.0 Å². The predicted molar refractivity (Wildman–Crippen MR) is 191 cm³/mol. The molecule has 3 aliphatic heterocycles. The molecule has 2 atom stereocenters. The highest BCUT2D eigenvalue weighted by atomic mass is 16.5. The van der Waals surface area contributed by atoms with Crippen molar-refractivity contribution in [1.82, 2.24) is 9.38 Å². The van der Waals surface area contributed by atoms with Gasteiger partial charge in [0.05, 0.1) is 29.6 Å². The number of hydrogen-bond acceptors (Lipinski definition) is 6. The highest BCUT2D eigenvalue weighted by molar-refractivity contribution is 5.81. The summed E-state index contributed by atoms with van der Waals surface area (Å²) < 4.78 is 21.4. The summed E-state index contributed by atoms with van der Waals surface area (Å²) in [5.74, 6) is 0.656. The highest BCUT2D eigenvalue weighted by Gasteiger charge is 2.37. The van der Waals surface area contributed by atoms with Gasteiger partial charge in [0.2, 0.25) is 0 Å². The van der Waals surface area contributed by atoms with E-state index in [9.17, 15) is 9.90 Å². The molecule has 6 bridgehead atoms. The van der Waals surface area contributed by atoms with Crippen molar-refractivity contribution in [2.75, 3.05) is 24.6 Å². The first-order chi connectivity index (χ1) is 22.7. The zero-order valence-electron chi connectivity index (χ0n) is 29.6. The summed E-state index contributed by atoms with van der Waals surface area (Å²) in [6.07, 6.45) is 7.48. The number of pyridine rings is 1. The van der Waals surface area contributed by atoms with Crippen molar-refractivity contribution < 1.29 is 24.1 Å². The molecular weight excluding hydrogens is 602 g/mol. The Morgan fingerprint density at radius 2 is 1.73 bits per heavy atom. The van der Waals surface area contributed by atoms with Crippen LogP contribution < -0.4 is 9.64 Å². The van der Waals surface area contributed by atoms with E-state index in [1.165, 1.54) is 11.1 Å². The summed E-state index contributed by atoms with van der Waals surface area (Å²) in [5, 5.41) is 10.5. The van der Waals surface area contributed by atoms with Crippen LogP contribution in [0.2, 0.25) is 0 Å². The number of ether oxygens (including phenoxy) is 3. The zero-order chi connectivity index (χ0) is 34.4. The number of fused-ring (bicyclic) bond motifs is 7. The lowest BCUT2D eigenvalue weighted by molar-refractivity contribution is -0.160. The van der Waals surface area contributed by atoms with Gasteiger partial charge in [0.25, 0.3) is 0 Å². The van der Waals surface area contributed by atoms with Gasteiger partial charge < -0.3 is 24.2 Å². The van der Waals surface area contributed by atoms with Gasteiger partial charge in [-0.15, -0.1) is 0 Å². The van der Waals surface area contributed by atoms with Crippen LogP contribution in [-0.4, -0.2) is 57.5 Å². The Hall–Kier alpha value is -4.14. The molecule has 1 N–H and O–H groups in total. The maximum absolute atomic E-state index is 12.9. The largest absolute Gasteiger partial charge is 0.490 e. The maximum Gasteiger partial charge on any atom is 0.337 e. The van der Waals surface area contributed by atoms with Gasteiger partial charge in [-0.25, -0.2) is 9.78 Å². The zero-order valence-corrected chi connectivity index (χ0v) is 29.6. The summed E-state index contributed by atoms with van der Waals surface area (Å²) in [6, 6.07) is 14.7. The van der Waals surface area contributed by atoms with Crippen molar-refractivity contribution >= 4 is 17.4 Å². The summed E-state index contributed by atoms with van der Waals surface area (Å²) in [7, 11) is 0. The molecule has 0 aliphatic carbocycles. The first kappa shape index (κ1) is 33.7. The number of rotatable bonds is 3. The second kappa shape index (κ2) is 13.1. The summed E-state index contributed by atoms with van der Waals surface area (Å²) in [6.45, 7) is 18.1. The molecule has 254 valence electrons. The monoisotopic (exact) mass is 651 g/mol. The third-order valence-electron chi connectivity index (χ3n) is 9.61. The van der Waals surface area contributed by atoms with E-state index in [1.807, 2.05) is 40.0 Å². The Bertz CT molecular complexity index is 1860. The highest BCUT2D eigenvalue weighted by Crippen LogP contribution is 2.40. The second-order valence-corrected chi connectivity index (χ2v) is 14.8. The van der Waals surface area contributed by atoms with Gasteiger partial charge in [-0.3, -0.25) is 4.40 Å². The van der Waals surface area contributed by atoms with Crippen LogP contribution in [-0.2, 0) is 14.3 Å². The Morgan fingerprint density at radius 3 is 2.44 bits per heavy atom. The van der Waals surface area contributed by atoms with Crippen molar-refractivity contribution in [2.45, 2.75) is 98.1 Å². The van der Waals surface area contributed by atoms with Gasteiger partial charge >= 0.3 is 5.97 Å². The normalized spacial score (nSPS) is 20.8. The van der Waals surface area contributed by atoms with E-state index in [0.29, 0.717) is 25.3 Å². The number of anilines is 1. The van der Waals surface area contributed by atoms with Gasteiger partial charge in [-0.1, -0.05) is 30.4 Å². The first-order valence-corrected chi connectivity index (χ1v) is 17.1. The van der Waals surface area contributed by atoms with Gasteiger partial charge in [-0.05, 0) is 115 Å². The topological polar surface area (TPSA) is 85.5 Å². The van der Waals surface area contributed by atoms with Crippen molar-refractivity contribution in [1.29, 1.82) is 0 Å². The fourth-order valence-corrected chi connectivity index (χ4v) is 6.78. The van der Waals surface area contributed by atoms with Gasteiger partial charge in [0, 0.05) is 42.4 Å². The maximum atomic E-state index is 12.9. The number of carboxylic acids is 1. The number of hydrogen-bond donors (Lipinski definition) is 1. The number of aromatic nitrogens is 2. The standard InChI is InChI=1S/C40H49N3O5/c1-25-20-31-29-13-11-14-30(23-29)32-24-43-34(41-32)22-27(3)35(36(38(44)45)48-39(5,6)7)37(43)42-17-15-40(8,16-18-42)46-19-10-9-12-28(4)47-33(31)21-26(25)2/h9-11,13-14,20-24,28,36H,12,15-19H2,1-8H3,(H,44,45). The van der Waals surface area contributed by atoms with Gasteiger partial charge in [0.1, 0.15) is 17.2 Å². The average Bonchev–Trinajstić information content (AvgIpc) is 3.44. The molecule has 2 aromatic heterocycles. The van der Waals surface area contributed by atoms with Crippen molar-refractivity contribution in [3.63, 3.8) is 0 Å². The number of carboxylic acid groups (broad SMARTS) is 1. The Labute approximate surface area is 284 Å². The van der Waals surface area contributed by atoms with Crippen LogP contribution in [0.5, 0.6) is 5.75 Å². The molecule has 2 aromatic carbocycles. The number of carbonyl (C=O) groups is 1. The lowest BCUT2D eigenvalue weighted by atomic mass is 9.92. The van der Waals surface area contributed by atoms with Crippen LogP contribution >= 0.6 is 0 Å².